The van der Waals surface area contributed by atoms with E-state index >= 15 is 0 Å². The first-order chi connectivity index (χ1) is 5.83. The van der Waals surface area contributed by atoms with E-state index in [4.69, 9.17) is 27.9 Å². The molecule has 0 radical (unpaired) electrons. The predicted octanol–water partition coefficient (Wildman–Crippen LogP) is 2.07. The Balaban J connectivity index is 2.13. The molecule has 70 valence electrons. The number of rotatable bonds is 3. The maximum Gasteiger partial charge on any atom is 0.0619 e. The molecule has 0 aromatic heterocycles. The minimum absolute atomic E-state index is 0.434. The van der Waals surface area contributed by atoms with Gasteiger partial charge in [0.25, 0.3) is 0 Å². The van der Waals surface area contributed by atoms with Crippen LogP contribution in [0.2, 0.25) is 0 Å². The summed E-state index contributed by atoms with van der Waals surface area (Å²) in [4.78, 5) is 0. The van der Waals surface area contributed by atoms with Crippen molar-refractivity contribution in [2.24, 2.45) is 0 Å². The lowest BCUT2D eigenvalue weighted by atomic mass is 10.1. The fourth-order valence-corrected chi connectivity index (χ4v) is 1.34. The van der Waals surface area contributed by atoms with Gasteiger partial charge in [0.15, 0.2) is 0 Å². The molecule has 0 aliphatic carbocycles. The van der Waals surface area contributed by atoms with E-state index in [0.29, 0.717) is 17.6 Å². The van der Waals surface area contributed by atoms with Crippen LogP contribution in [0.1, 0.15) is 12.8 Å². The third kappa shape index (κ3) is 3.76. The topological polar surface area (TPSA) is 21.3 Å². The molecule has 0 spiro atoms. The third-order valence-corrected chi connectivity index (χ3v) is 2.46. The van der Waals surface area contributed by atoms with Gasteiger partial charge < -0.3 is 10.1 Å². The number of halogens is 2. The molecule has 12 heavy (non-hydrogen) atoms. The number of nitrogens with one attached hydrogen (secondary N) is 1. The maximum absolute atomic E-state index is 5.71. The zero-order valence-corrected chi connectivity index (χ0v) is 8.37. The number of hydrogen-bond donors (Lipinski definition) is 1. The number of ether oxygens (including phenoxy) is 1. The van der Waals surface area contributed by atoms with E-state index in [2.05, 4.69) is 5.32 Å². The average Bonchev–Trinajstić information content (AvgIpc) is 2.16. The Kier molecular flexibility index (Phi) is 5.00. The van der Waals surface area contributed by atoms with Crippen molar-refractivity contribution in [3.05, 3.63) is 10.6 Å². The quantitative estimate of drug-likeness (QED) is 0.769. The molecule has 0 bridgehead atoms. The fourth-order valence-electron chi connectivity index (χ4n) is 1.18. The second-order valence-electron chi connectivity index (χ2n) is 2.85. The van der Waals surface area contributed by atoms with Gasteiger partial charge in [-0.2, -0.15) is 0 Å². The molecule has 1 aliphatic heterocycles. The van der Waals surface area contributed by atoms with Crippen LogP contribution in [-0.2, 0) is 4.74 Å². The van der Waals surface area contributed by atoms with Crippen LogP contribution in [0.3, 0.4) is 0 Å². The minimum atomic E-state index is 0.434. The first-order valence-corrected chi connectivity index (χ1v) is 4.90. The van der Waals surface area contributed by atoms with Gasteiger partial charge in [-0.1, -0.05) is 23.2 Å². The van der Waals surface area contributed by atoms with Crippen LogP contribution in [0, 0.1) is 0 Å². The van der Waals surface area contributed by atoms with Crippen molar-refractivity contribution < 1.29 is 4.74 Å². The SMILES string of the molecule is Cl/C=C(/Cl)CNC1CCCOC1. The predicted molar refractivity (Wildman–Crippen MR) is 51.6 cm³/mol. The van der Waals surface area contributed by atoms with Gasteiger partial charge in [0.05, 0.1) is 6.61 Å². The van der Waals surface area contributed by atoms with Gasteiger partial charge >= 0.3 is 0 Å². The molecule has 1 rings (SSSR count). The summed E-state index contributed by atoms with van der Waals surface area (Å²) in [6.07, 6.45) is 2.28. The zero-order valence-electron chi connectivity index (χ0n) is 6.85. The van der Waals surface area contributed by atoms with Crippen LogP contribution in [0.5, 0.6) is 0 Å². The molecule has 0 amide bonds. The normalized spacial score (nSPS) is 25.8. The molecule has 1 heterocycles. The van der Waals surface area contributed by atoms with E-state index in [1.807, 2.05) is 0 Å². The lowest BCUT2D eigenvalue weighted by Gasteiger charge is -2.22. The Bertz CT molecular complexity index is 155. The molecule has 1 aliphatic rings. The van der Waals surface area contributed by atoms with Crippen LogP contribution < -0.4 is 5.32 Å². The van der Waals surface area contributed by atoms with Gasteiger partial charge in [-0.3, -0.25) is 0 Å². The average molecular weight is 210 g/mol. The number of hydrogen-bond acceptors (Lipinski definition) is 2. The maximum atomic E-state index is 5.71. The molecule has 1 unspecified atom stereocenters. The highest BCUT2D eigenvalue weighted by Crippen LogP contribution is 2.07. The molecule has 0 saturated carbocycles. The molecule has 1 fully saturated rings. The van der Waals surface area contributed by atoms with Gasteiger partial charge in [-0.05, 0) is 12.8 Å². The van der Waals surface area contributed by atoms with Crippen molar-refractivity contribution in [3.63, 3.8) is 0 Å². The van der Waals surface area contributed by atoms with Crippen molar-refractivity contribution >= 4 is 23.2 Å². The summed E-state index contributed by atoms with van der Waals surface area (Å²) in [5, 5.41) is 3.90. The summed E-state index contributed by atoms with van der Waals surface area (Å²) in [5.74, 6) is 0. The fraction of sp³-hybridized carbons (Fsp3) is 0.750. The summed E-state index contributed by atoms with van der Waals surface area (Å²) in [5.41, 5.74) is 1.39. The zero-order chi connectivity index (χ0) is 8.81. The van der Waals surface area contributed by atoms with E-state index in [-0.39, 0.29) is 0 Å². The van der Waals surface area contributed by atoms with Crippen LogP contribution in [0.4, 0.5) is 0 Å². The molecule has 1 N–H and O–H groups in total. The second-order valence-corrected chi connectivity index (χ2v) is 3.55. The summed E-state index contributed by atoms with van der Waals surface area (Å²) in [7, 11) is 0. The summed E-state index contributed by atoms with van der Waals surface area (Å²) in [6, 6.07) is 0.434. The van der Waals surface area contributed by atoms with Crippen molar-refractivity contribution in [3.8, 4) is 0 Å². The highest BCUT2D eigenvalue weighted by atomic mass is 35.5. The van der Waals surface area contributed by atoms with E-state index in [1.54, 1.807) is 0 Å². The first kappa shape index (κ1) is 10.3. The molecule has 4 heteroatoms. The molecule has 1 atom stereocenters. The Morgan fingerprint density at radius 2 is 2.50 bits per heavy atom. The molecular formula is C8H13Cl2NO. The molecule has 0 aromatic rings. The Hall–Kier alpha value is 0.240. The van der Waals surface area contributed by atoms with Gasteiger partial charge in [0.1, 0.15) is 0 Å². The van der Waals surface area contributed by atoms with E-state index in [1.165, 1.54) is 5.54 Å². The summed E-state index contributed by atoms with van der Waals surface area (Å²) in [6.45, 7) is 2.31. The van der Waals surface area contributed by atoms with Gasteiger partial charge in [-0.25, -0.2) is 0 Å². The van der Waals surface area contributed by atoms with Crippen molar-refractivity contribution in [2.75, 3.05) is 19.8 Å². The smallest absolute Gasteiger partial charge is 0.0619 e. The van der Waals surface area contributed by atoms with Gasteiger partial charge in [0.2, 0.25) is 0 Å². The second kappa shape index (κ2) is 5.81. The molecule has 1 saturated heterocycles. The lowest BCUT2D eigenvalue weighted by molar-refractivity contribution is 0.0716. The Labute approximate surface area is 82.9 Å². The van der Waals surface area contributed by atoms with E-state index in [9.17, 15) is 0 Å². The van der Waals surface area contributed by atoms with E-state index < -0.39 is 0 Å². The molecule has 0 aromatic carbocycles. The Morgan fingerprint density at radius 1 is 1.67 bits per heavy atom. The summed E-state index contributed by atoms with van der Waals surface area (Å²) >= 11 is 11.1. The summed E-state index contributed by atoms with van der Waals surface area (Å²) < 4.78 is 5.29. The molecular weight excluding hydrogens is 197 g/mol. The Morgan fingerprint density at radius 3 is 3.08 bits per heavy atom. The van der Waals surface area contributed by atoms with Crippen LogP contribution >= 0.6 is 23.2 Å². The van der Waals surface area contributed by atoms with Crippen LogP contribution in [0.15, 0.2) is 10.6 Å². The van der Waals surface area contributed by atoms with Gasteiger partial charge in [0, 0.05) is 29.8 Å². The minimum Gasteiger partial charge on any atom is -0.380 e. The highest BCUT2D eigenvalue weighted by molar-refractivity contribution is 6.36. The lowest BCUT2D eigenvalue weighted by Crippen LogP contribution is -2.37. The van der Waals surface area contributed by atoms with Crippen molar-refractivity contribution in [1.29, 1.82) is 0 Å². The van der Waals surface area contributed by atoms with E-state index in [0.717, 1.165) is 26.1 Å². The first-order valence-electron chi connectivity index (χ1n) is 4.09. The van der Waals surface area contributed by atoms with Gasteiger partial charge in [-0.15, -0.1) is 0 Å². The van der Waals surface area contributed by atoms with Crippen molar-refractivity contribution in [1.82, 2.24) is 5.32 Å². The standard InChI is InChI=1S/C8H13Cl2NO/c9-4-7(10)5-11-8-2-1-3-12-6-8/h4,8,11H,1-3,5-6H2/b7-4+. The highest BCUT2D eigenvalue weighted by Gasteiger charge is 2.12. The molecule has 2 nitrogen and oxygen atoms in total. The van der Waals surface area contributed by atoms with Crippen molar-refractivity contribution in [2.45, 2.75) is 18.9 Å². The third-order valence-electron chi connectivity index (χ3n) is 1.84. The van der Waals surface area contributed by atoms with Crippen LogP contribution in [-0.4, -0.2) is 25.8 Å². The monoisotopic (exact) mass is 209 g/mol. The van der Waals surface area contributed by atoms with Crippen LogP contribution in [0.25, 0.3) is 0 Å². The largest absolute Gasteiger partial charge is 0.380 e.